The van der Waals surface area contributed by atoms with E-state index in [0.29, 0.717) is 22.7 Å². The normalized spacial score (nSPS) is 17.3. The molecule has 172 valence electrons. The van der Waals surface area contributed by atoms with Gasteiger partial charge in [0.25, 0.3) is 5.91 Å². The van der Waals surface area contributed by atoms with Crippen molar-refractivity contribution in [3.05, 3.63) is 46.8 Å². The Morgan fingerprint density at radius 3 is 2.52 bits per heavy atom. The van der Waals surface area contributed by atoms with Crippen LogP contribution in [0.2, 0.25) is 0 Å². The molecule has 12 heteroatoms. The zero-order valence-corrected chi connectivity index (χ0v) is 18.8. The number of carbonyl (C=O) groups excluding carboxylic acids is 1. The van der Waals surface area contributed by atoms with Gasteiger partial charge in [0.05, 0.1) is 25.5 Å². The van der Waals surface area contributed by atoms with Crippen LogP contribution in [-0.2, 0) is 4.79 Å². The van der Waals surface area contributed by atoms with E-state index in [4.69, 9.17) is 14.9 Å². The van der Waals surface area contributed by atoms with Gasteiger partial charge < -0.3 is 14.0 Å². The van der Waals surface area contributed by atoms with Crippen LogP contribution in [0, 0.1) is 19.3 Å². The molecule has 0 unspecified atom stereocenters. The third-order valence-electron chi connectivity index (χ3n) is 5.09. The maximum atomic E-state index is 13.0. The van der Waals surface area contributed by atoms with Crippen molar-refractivity contribution in [1.29, 1.82) is 5.41 Å². The topological polar surface area (TPSA) is 92.3 Å². The average Bonchev–Trinajstić information content (AvgIpc) is 3.31. The molecule has 1 aromatic heterocycles. The fraction of sp³-hybridized carbons (Fsp3) is 0.238. The first-order valence-electron chi connectivity index (χ1n) is 9.54. The van der Waals surface area contributed by atoms with Crippen LogP contribution < -0.4 is 9.47 Å². The largest absolute Gasteiger partial charge is 0.497 e. The number of hydrazone groups is 1. The molecule has 0 aliphatic carbocycles. The number of nitrogens with one attached hydrogen (secondary N) is 1. The molecule has 3 heterocycles. The van der Waals surface area contributed by atoms with Crippen molar-refractivity contribution in [3.8, 4) is 17.2 Å². The molecular formula is C21H18F3N5O3S. The number of hydrogen-bond acceptors (Lipinski definition) is 6. The van der Waals surface area contributed by atoms with E-state index in [1.54, 1.807) is 38.5 Å². The molecule has 0 spiro atoms. The van der Waals surface area contributed by atoms with Gasteiger partial charge in [0.1, 0.15) is 11.5 Å². The minimum Gasteiger partial charge on any atom is -0.497 e. The highest BCUT2D eigenvalue weighted by atomic mass is 32.2. The minimum atomic E-state index is -4.70. The quantitative estimate of drug-likeness (QED) is 0.664. The van der Waals surface area contributed by atoms with E-state index in [1.807, 2.05) is 18.4 Å². The van der Waals surface area contributed by atoms with Crippen molar-refractivity contribution in [1.82, 2.24) is 9.58 Å². The van der Waals surface area contributed by atoms with Crippen LogP contribution in [0.1, 0.15) is 17.0 Å². The van der Waals surface area contributed by atoms with Crippen molar-refractivity contribution in [2.45, 2.75) is 20.0 Å². The molecule has 1 aromatic carbocycles. The Labute approximate surface area is 190 Å². The lowest BCUT2D eigenvalue weighted by Gasteiger charge is -2.20. The van der Waals surface area contributed by atoms with Crippen molar-refractivity contribution in [2.24, 2.45) is 10.1 Å². The summed E-state index contributed by atoms with van der Waals surface area (Å²) < 4.78 is 51.7. The number of benzene rings is 1. The third-order valence-corrected chi connectivity index (χ3v) is 6.05. The lowest BCUT2D eigenvalue weighted by Crippen LogP contribution is -2.35. The molecule has 2 aliphatic heterocycles. The molecule has 0 radical (unpaired) electrons. The van der Waals surface area contributed by atoms with Crippen LogP contribution in [0.15, 0.2) is 39.9 Å². The van der Waals surface area contributed by atoms with Gasteiger partial charge in [-0.2, -0.15) is 28.3 Å². The number of ether oxygens (including phenoxy) is 2. The lowest BCUT2D eigenvalue weighted by molar-refractivity contribution is -0.114. The molecule has 8 nitrogen and oxygen atoms in total. The highest BCUT2D eigenvalue weighted by molar-refractivity contribution is 8.27. The zero-order valence-electron chi connectivity index (χ0n) is 17.9. The monoisotopic (exact) mass is 477 g/mol. The van der Waals surface area contributed by atoms with E-state index in [1.165, 1.54) is 6.08 Å². The van der Waals surface area contributed by atoms with Gasteiger partial charge in [-0.1, -0.05) is 0 Å². The Kier molecular flexibility index (Phi) is 5.56. The Morgan fingerprint density at radius 1 is 1.15 bits per heavy atom. The maximum absolute atomic E-state index is 13.0. The van der Waals surface area contributed by atoms with Crippen LogP contribution in [0.3, 0.4) is 0 Å². The third kappa shape index (κ3) is 3.90. The molecule has 0 atom stereocenters. The summed E-state index contributed by atoms with van der Waals surface area (Å²) in [6.45, 7) is 3.67. The summed E-state index contributed by atoms with van der Waals surface area (Å²) in [6.07, 6.45) is -3.26. The predicted molar refractivity (Wildman–Crippen MR) is 119 cm³/mol. The summed E-state index contributed by atoms with van der Waals surface area (Å²) in [7, 11) is 3.10. The van der Waals surface area contributed by atoms with Gasteiger partial charge in [0, 0.05) is 17.5 Å². The van der Waals surface area contributed by atoms with Crippen molar-refractivity contribution in [3.63, 3.8) is 0 Å². The summed E-state index contributed by atoms with van der Waals surface area (Å²) in [4.78, 5) is 16.3. The molecular weight excluding hydrogens is 459 g/mol. The molecule has 2 aromatic rings. The summed E-state index contributed by atoms with van der Waals surface area (Å²) >= 11 is 0.214. The number of alkyl halides is 3. The van der Waals surface area contributed by atoms with Crippen molar-refractivity contribution in [2.75, 3.05) is 14.2 Å². The molecule has 0 saturated carbocycles. The SMILES string of the molecule is COc1ccc(OC)c(-n2c(C)cc(C=C3C(=N)N4N=C(C(F)(F)F)SC4=NC3=O)c2C)c1. The molecule has 33 heavy (non-hydrogen) atoms. The smallest absolute Gasteiger partial charge is 0.441 e. The number of aryl methyl sites for hydroxylation is 1. The number of halogens is 3. The number of hydrogen-bond donors (Lipinski definition) is 1. The number of aromatic nitrogens is 1. The summed E-state index contributed by atoms with van der Waals surface area (Å²) in [5, 5.41) is 11.0. The van der Waals surface area contributed by atoms with Gasteiger partial charge in [0.2, 0.25) is 10.2 Å². The first kappa shape index (κ1) is 22.6. The lowest BCUT2D eigenvalue weighted by atomic mass is 10.1. The number of aliphatic imine (C=N–C) groups is 1. The summed E-state index contributed by atoms with van der Waals surface area (Å²) in [5.41, 5.74) is 2.66. The van der Waals surface area contributed by atoms with Gasteiger partial charge in [-0.25, -0.2) is 0 Å². The Bertz CT molecular complexity index is 1280. The van der Waals surface area contributed by atoms with E-state index < -0.39 is 23.0 Å². The zero-order chi connectivity index (χ0) is 24.1. The van der Waals surface area contributed by atoms with Crippen LogP contribution in [0.4, 0.5) is 13.2 Å². The first-order chi connectivity index (χ1) is 15.5. The van der Waals surface area contributed by atoms with E-state index in [0.717, 1.165) is 16.4 Å². The summed E-state index contributed by atoms with van der Waals surface area (Å²) in [6, 6.07) is 7.13. The highest BCUT2D eigenvalue weighted by Crippen LogP contribution is 2.36. The number of methoxy groups -OCH3 is 2. The fourth-order valence-corrected chi connectivity index (χ4v) is 4.30. The van der Waals surface area contributed by atoms with Gasteiger partial charge in [-0.15, -0.1) is 0 Å². The van der Waals surface area contributed by atoms with Gasteiger partial charge in [-0.05, 0) is 55.4 Å². The highest BCUT2D eigenvalue weighted by Gasteiger charge is 2.46. The molecule has 1 amide bonds. The second kappa shape index (κ2) is 8.10. The maximum Gasteiger partial charge on any atom is 0.441 e. The van der Waals surface area contributed by atoms with Crippen LogP contribution in [0.5, 0.6) is 11.5 Å². The van der Waals surface area contributed by atoms with Gasteiger partial charge >= 0.3 is 6.18 Å². The van der Waals surface area contributed by atoms with E-state index in [9.17, 15) is 18.0 Å². The van der Waals surface area contributed by atoms with Crippen molar-refractivity contribution < 1.29 is 27.4 Å². The second-order valence-corrected chi connectivity index (χ2v) is 8.08. The number of fused-ring (bicyclic) bond motifs is 1. The van der Waals surface area contributed by atoms with E-state index in [-0.39, 0.29) is 22.5 Å². The second-order valence-electron chi connectivity index (χ2n) is 7.12. The Balaban J connectivity index is 1.77. The molecule has 2 aliphatic rings. The number of thioether (sulfide) groups is 1. The number of amides is 1. The van der Waals surface area contributed by atoms with E-state index in [2.05, 4.69) is 10.1 Å². The number of amidine groups is 2. The van der Waals surface area contributed by atoms with Crippen LogP contribution >= 0.6 is 11.8 Å². The fourth-order valence-electron chi connectivity index (χ4n) is 3.54. The molecule has 0 bridgehead atoms. The number of nitrogens with zero attached hydrogens (tertiary/aromatic N) is 4. The molecule has 0 saturated heterocycles. The van der Waals surface area contributed by atoms with Gasteiger partial charge in [-0.3, -0.25) is 10.2 Å². The Morgan fingerprint density at radius 2 is 1.88 bits per heavy atom. The molecule has 1 N–H and O–H groups in total. The van der Waals surface area contributed by atoms with Crippen LogP contribution in [0.25, 0.3) is 11.8 Å². The number of rotatable bonds is 4. The molecule has 4 rings (SSSR count). The first-order valence-corrected chi connectivity index (χ1v) is 10.4. The number of carbonyl (C=O) groups is 1. The summed E-state index contributed by atoms with van der Waals surface area (Å²) in [5.74, 6) is -0.0635. The average molecular weight is 477 g/mol. The predicted octanol–water partition coefficient (Wildman–Crippen LogP) is 4.29. The van der Waals surface area contributed by atoms with Crippen LogP contribution in [-0.4, -0.2) is 51.9 Å². The Hall–Kier alpha value is -3.54. The van der Waals surface area contributed by atoms with Crippen molar-refractivity contribution >= 4 is 39.8 Å². The standard InChI is InChI=1S/C21H18F3N5O3S/c1-10-7-12(11(2)28(10)15-9-13(31-3)5-6-16(15)32-4)8-14-17(25)29-20(26-18(14)30)33-19(27-29)21(22,23)24/h5-9,25H,1-4H3. The van der Waals surface area contributed by atoms with Gasteiger partial charge in [0.15, 0.2) is 5.84 Å². The van der Waals surface area contributed by atoms with E-state index >= 15 is 0 Å². The molecule has 0 fully saturated rings. The minimum absolute atomic E-state index is 0.163.